The van der Waals surface area contributed by atoms with E-state index in [2.05, 4.69) is 0 Å². The SMILES string of the molecule is COc1cc(/C(O)=C2\C(=O)C(=O)N(c3ccccc3OC)C2c2ccc(O)cc2)c(OC)cc1Cl. The number of anilines is 1. The topological polar surface area (TPSA) is 106 Å². The summed E-state index contributed by atoms with van der Waals surface area (Å²) in [5.74, 6) is -1.42. The minimum atomic E-state index is -1.03. The molecule has 0 spiro atoms. The minimum absolute atomic E-state index is 0.00657. The van der Waals surface area contributed by atoms with Crippen LogP contribution in [0.3, 0.4) is 0 Å². The van der Waals surface area contributed by atoms with E-state index in [1.54, 1.807) is 36.4 Å². The van der Waals surface area contributed by atoms with Crippen LogP contribution in [0.15, 0.2) is 66.2 Å². The van der Waals surface area contributed by atoms with E-state index in [0.717, 1.165) is 0 Å². The van der Waals surface area contributed by atoms with Gasteiger partial charge in [0.25, 0.3) is 11.7 Å². The number of benzene rings is 3. The number of para-hydroxylation sites is 2. The third-order valence-electron chi connectivity index (χ3n) is 5.73. The van der Waals surface area contributed by atoms with Gasteiger partial charge in [-0.05, 0) is 35.9 Å². The Morgan fingerprint density at radius 2 is 1.51 bits per heavy atom. The lowest BCUT2D eigenvalue weighted by Gasteiger charge is -2.27. The number of methoxy groups -OCH3 is 3. The maximum absolute atomic E-state index is 13.4. The summed E-state index contributed by atoms with van der Waals surface area (Å²) in [6, 6.07) is 14.6. The molecule has 1 atom stereocenters. The third kappa shape index (κ3) is 4.13. The molecule has 1 amide bonds. The predicted octanol–water partition coefficient (Wildman–Crippen LogP) is 4.70. The number of halogens is 1. The second-order valence-corrected chi connectivity index (χ2v) is 8.03. The number of hydrogen-bond acceptors (Lipinski definition) is 7. The van der Waals surface area contributed by atoms with E-state index in [-0.39, 0.29) is 33.4 Å². The van der Waals surface area contributed by atoms with E-state index in [1.807, 2.05) is 0 Å². The van der Waals surface area contributed by atoms with Gasteiger partial charge in [-0.15, -0.1) is 0 Å². The molecule has 35 heavy (non-hydrogen) atoms. The van der Waals surface area contributed by atoms with E-state index >= 15 is 0 Å². The average molecular weight is 496 g/mol. The largest absolute Gasteiger partial charge is 0.508 e. The molecule has 2 N–H and O–H groups in total. The molecule has 1 saturated heterocycles. The molecule has 0 aliphatic carbocycles. The number of hydrogen-bond donors (Lipinski definition) is 2. The number of phenols is 1. The predicted molar refractivity (Wildman–Crippen MR) is 130 cm³/mol. The number of carbonyl (C=O) groups excluding carboxylic acids is 2. The van der Waals surface area contributed by atoms with Gasteiger partial charge in [0.2, 0.25) is 0 Å². The summed E-state index contributed by atoms with van der Waals surface area (Å²) in [6.07, 6.45) is 0. The molecule has 3 aromatic carbocycles. The number of nitrogens with zero attached hydrogens (tertiary/aromatic N) is 1. The monoisotopic (exact) mass is 495 g/mol. The molecule has 3 aromatic rings. The number of aliphatic hydroxyl groups excluding tert-OH is 1. The lowest BCUT2D eigenvalue weighted by Crippen LogP contribution is -2.29. The van der Waals surface area contributed by atoms with Gasteiger partial charge in [-0.1, -0.05) is 35.9 Å². The number of amides is 1. The highest BCUT2D eigenvalue weighted by Gasteiger charge is 2.48. The fourth-order valence-electron chi connectivity index (χ4n) is 4.07. The Labute approximate surface area is 206 Å². The van der Waals surface area contributed by atoms with Crippen molar-refractivity contribution in [2.75, 3.05) is 26.2 Å². The average Bonchev–Trinajstić information content (AvgIpc) is 3.13. The third-order valence-corrected chi connectivity index (χ3v) is 6.02. The summed E-state index contributed by atoms with van der Waals surface area (Å²) in [7, 11) is 4.25. The van der Waals surface area contributed by atoms with Gasteiger partial charge in [-0.3, -0.25) is 14.5 Å². The first-order valence-electron chi connectivity index (χ1n) is 10.5. The van der Waals surface area contributed by atoms with Crippen molar-refractivity contribution in [2.24, 2.45) is 0 Å². The number of ether oxygens (including phenoxy) is 3. The molecule has 0 bridgehead atoms. The van der Waals surface area contributed by atoms with Crippen molar-refractivity contribution in [2.45, 2.75) is 6.04 Å². The maximum atomic E-state index is 13.4. The molecule has 9 heteroatoms. The van der Waals surface area contributed by atoms with Crippen LogP contribution < -0.4 is 19.1 Å². The number of aliphatic hydroxyl groups is 1. The van der Waals surface area contributed by atoms with E-state index in [9.17, 15) is 19.8 Å². The van der Waals surface area contributed by atoms with Crippen LogP contribution in [0.25, 0.3) is 5.76 Å². The van der Waals surface area contributed by atoms with Crippen molar-refractivity contribution in [3.63, 3.8) is 0 Å². The molecular formula is C26H22ClNO7. The van der Waals surface area contributed by atoms with Crippen LogP contribution in [0.1, 0.15) is 17.2 Å². The Hall–Kier alpha value is -4.17. The number of rotatable bonds is 6. The highest BCUT2D eigenvalue weighted by molar-refractivity contribution is 6.52. The minimum Gasteiger partial charge on any atom is -0.508 e. The van der Waals surface area contributed by atoms with Crippen LogP contribution in [0.5, 0.6) is 23.0 Å². The summed E-state index contributed by atoms with van der Waals surface area (Å²) in [4.78, 5) is 28.0. The van der Waals surface area contributed by atoms with Gasteiger partial charge in [-0.2, -0.15) is 0 Å². The highest BCUT2D eigenvalue weighted by Crippen LogP contribution is 2.46. The zero-order valence-corrected chi connectivity index (χ0v) is 19.9. The second-order valence-electron chi connectivity index (χ2n) is 7.62. The van der Waals surface area contributed by atoms with E-state index in [0.29, 0.717) is 17.0 Å². The second kappa shape index (κ2) is 9.60. The van der Waals surface area contributed by atoms with Gasteiger partial charge < -0.3 is 24.4 Å². The first-order valence-corrected chi connectivity index (χ1v) is 10.8. The Kier molecular flexibility index (Phi) is 6.57. The molecule has 1 aliphatic rings. The van der Waals surface area contributed by atoms with E-state index in [4.69, 9.17) is 25.8 Å². The number of phenolic OH excluding ortho intramolecular Hbond substituents is 1. The standard InChI is InChI=1S/C26H22ClNO7/c1-33-19-7-5-4-6-18(19)28-23(14-8-10-15(29)11-9-14)22(25(31)26(28)32)24(30)16-12-21(35-3)17(27)13-20(16)34-2/h4-13,23,29-30H,1-3H3/b24-22+. The Balaban J connectivity index is 2.02. The Morgan fingerprint density at radius 3 is 2.14 bits per heavy atom. The van der Waals surface area contributed by atoms with Crippen LogP contribution in [0.2, 0.25) is 5.02 Å². The number of Topliss-reactive ketones (excluding diaryl/α,β-unsaturated/α-hetero) is 1. The van der Waals surface area contributed by atoms with Gasteiger partial charge in [0.1, 0.15) is 28.8 Å². The first-order chi connectivity index (χ1) is 16.8. The summed E-state index contributed by atoms with van der Waals surface area (Å²) >= 11 is 6.20. The van der Waals surface area contributed by atoms with Gasteiger partial charge in [0.05, 0.1) is 49.2 Å². The van der Waals surface area contributed by atoms with Crippen molar-refractivity contribution in [1.82, 2.24) is 0 Å². The Morgan fingerprint density at radius 1 is 0.886 bits per heavy atom. The molecular weight excluding hydrogens is 474 g/mol. The number of ketones is 1. The molecule has 4 rings (SSSR count). The molecule has 0 aromatic heterocycles. The summed E-state index contributed by atoms with van der Waals surface area (Å²) in [6.45, 7) is 0. The zero-order valence-electron chi connectivity index (χ0n) is 19.1. The summed E-state index contributed by atoms with van der Waals surface area (Å²) in [5, 5.41) is 21.5. The zero-order chi connectivity index (χ0) is 25.3. The van der Waals surface area contributed by atoms with Crippen LogP contribution in [-0.2, 0) is 9.59 Å². The van der Waals surface area contributed by atoms with Crippen molar-refractivity contribution in [3.8, 4) is 23.0 Å². The highest BCUT2D eigenvalue weighted by atomic mass is 35.5. The summed E-state index contributed by atoms with van der Waals surface area (Å²) < 4.78 is 16.1. The quantitative estimate of drug-likeness (QED) is 0.290. The molecule has 0 radical (unpaired) electrons. The van der Waals surface area contributed by atoms with Crippen molar-refractivity contribution < 1.29 is 34.0 Å². The van der Waals surface area contributed by atoms with Crippen LogP contribution in [-0.4, -0.2) is 43.2 Å². The smallest absolute Gasteiger partial charge is 0.300 e. The molecule has 1 fully saturated rings. The summed E-state index contributed by atoms with van der Waals surface area (Å²) in [5.41, 5.74) is 0.772. The fraction of sp³-hybridized carbons (Fsp3) is 0.154. The normalized spacial score (nSPS) is 16.9. The molecule has 180 valence electrons. The van der Waals surface area contributed by atoms with Crippen LogP contribution >= 0.6 is 11.6 Å². The molecule has 8 nitrogen and oxygen atoms in total. The van der Waals surface area contributed by atoms with Crippen molar-refractivity contribution in [3.05, 3.63) is 82.4 Å². The van der Waals surface area contributed by atoms with Crippen molar-refractivity contribution >= 4 is 34.7 Å². The number of carbonyl (C=O) groups is 2. The molecule has 1 unspecified atom stereocenters. The lowest BCUT2D eigenvalue weighted by molar-refractivity contribution is -0.132. The van der Waals surface area contributed by atoms with Gasteiger partial charge in [0, 0.05) is 6.07 Å². The lowest BCUT2D eigenvalue weighted by atomic mass is 9.94. The molecule has 1 heterocycles. The number of aromatic hydroxyl groups is 1. The van der Waals surface area contributed by atoms with Gasteiger partial charge in [-0.25, -0.2) is 0 Å². The van der Waals surface area contributed by atoms with Gasteiger partial charge >= 0.3 is 0 Å². The Bertz CT molecular complexity index is 1330. The van der Waals surface area contributed by atoms with Crippen LogP contribution in [0, 0.1) is 0 Å². The molecule has 0 saturated carbocycles. The van der Waals surface area contributed by atoms with Gasteiger partial charge in [0.15, 0.2) is 0 Å². The maximum Gasteiger partial charge on any atom is 0.300 e. The van der Waals surface area contributed by atoms with E-state index < -0.39 is 23.5 Å². The fourth-order valence-corrected chi connectivity index (χ4v) is 4.30. The van der Waals surface area contributed by atoms with Crippen LogP contribution in [0.4, 0.5) is 5.69 Å². The van der Waals surface area contributed by atoms with Crippen molar-refractivity contribution in [1.29, 1.82) is 0 Å². The molecule has 1 aliphatic heterocycles. The van der Waals surface area contributed by atoms with E-state index in [1.165, 1.54) is 50.5 Å². The first kappa shape index (κ1) is 24.0.